The van der Waals surface area contributed by atoms with Gasteiger partial charge in [-0.3, -0.25) is 19.9 Å². The second-order valence-corrected chi connectivity index (χ2v) is 6.58. The second-order valence-electron chi connectivity index (χ2n) is 5.73. The standard InChI is InChI=1S/C19H14BrN3O5/c20-14-10-12(7-9-16(14)28-11-13-4-2-1-3-5-13)6-8-15-17(23(26)27)18(24)22-19(25)21-15/h1-10H,11H2,(H2,21,22,24,25)/b8-6+. The Labute approximate surface area is 166 Å². The van der Waals surface area contributed by atoms with Gasteiger partial charge in [0.2, 0.25) is 0 Å². The van der Waals surface area contributed by atoms with E-state index in [1.807, 2.05) is 35.3 Å². The fourth-order valence-electron chi connectivity index (χ4n) is 2.45. The van der Waals surface area contributed by atoms with Crippen molar-refractivity contribution >= 4 is 33.8 Å². The second kappa shape index (κ2) is 8.49. The summed E-state index contributed by atoms with van der Waals surface area (Å²) in [7, 11) is 0. The molecule has 0 saturated carbocycles. The first-order valence-corrected chi connectivity index (χ1v) is 8.88. The molecule has 0 aliphatic heterocycles. The summed E-state index contributed by atoms with van der Waals surface area (Å²) in [6, 6.07) is 15.0. The van der Waals surface area contributed by atoms with Gasteiger partial charge in [0.15, 0.2) is 0 Å². The van der Waals surface area contributed by atoms with Gasteiger partial charge in [-0.15, -0.1) is 0 Å². The van der Waals surface area contributed by atoms with E-state index in [0.29, 0.717) is 22.4 Å². The average molecular weight is 444 g/mol. The molecular weight excluding hydrogens is 430 g/mol. The van der Waals surface area contributed by atoms with Crippen molar-refractivity contribution in [3.05, 3.63) is 101 Å². The molecule has 0 radical (unpaired) electrons. The number of aromatic amines is 2. The van der Waals surface area contributed by atoms with Gasteiger partial charge >= 0.3 is 16.9 Å². The minimum Gasteiger partial charge on any atom is -0.488 e. The van der Waals surface area contributed by atoms with Crippen molar-refractivity contribution in [1.29, 1.82) is 0 Å². The molecule has 1 heterocycles. The van der Waals surface area contributed by atoms with E-state index in [1.165, 1.54) is 6.08 Å². The van der Waals surface area contributed by atoms with Crippen LogP contribution in [-0.2, 0) is 6.61 Å². The van der Waals surface area contributed by atoms with Gasteiger partial charge in [-0.1, -0.05) is 42.5 Å². The number of hydrogen-bond acceptors (Lipinski definition) is 5. The number of rotatable bonds is 6. The average Bonchev–Trinajstić information content (AvgIpc) is 2.65. The van der Waals surface area contributed by atoms with Gasteiger partial charge in [-0.05, 0) is 45.3 Å². The number of H-pyrrole nitrogens is 2. The van der Waals surface area contributed by atoms with E-state index in [1.54, 1.807) is 24.3 Å². The van der Waals surface area contributed by atoms with Crippen LogP contribution < -0.4 is 16.0 Å². The van der Waals surface area contributed by atoms with E-state index in [0.717, 1.165) is 5.56 Å². The molecule has 9 heteroatoms. The molecule has 0 atom stereocenters. The molecule has 0 unspecified atom stereocenters. The zero-order valence-corrected chi connectivity index (χ0v) is 15.9. The third-order valence-corrected chi connectivity index (χ3v) is 4.38. The number of ether oxygens (including phenoxy) is 1. The molecule has 142 valence electrons. The summed E-state index contributed by atoms with van der Waals surface area (Å²) in [5.74, 6) is 0.636. The molecule has 0 saturated heterocycles. The lowest BCUT2D eigenvalue weighted by molar-refractivity contribution is -0.386. The van der Waals surface area contributed by atoms with Crippen molar-refractivity contribution in [2.45, 2.75) is 6.61 Å². The zero-order chi connectivity index (χ0) is 20.1. The quantitative estimate of drug-likeness (QED) is 0.446. The zero-order valence-electron chi connectivity index (χ0n) is 14.3. The molecule has 2 aromatic carbocycles. The van der Waals surface area contributed by atoms with Gasteiger partial charge in [0.25, 0.3) is 0 Å². The van der Waals surface area contributed by atoms with Crippen molar-refractivity contribution in [2.24, 2.45) is 0 Å². The molecule has 3 aromatic rings. The van der Waals surface area contributed by atoms with Gasteiger partial charge in [0.05, 0.1) is 9.40 Å². The van der Waals surface area contributed by atoms with Crippen molar-refractivity contribution in [3.63, 3.8) is 0 Å². The molecule has 3 rings (SSSR count). The molecular formula is C19H14BrN3O5. The van der Waals surface area contributed by atoms with Crippen LogP contribution in [0.15, 0.2) is 62.6 Å². The third kappa shape index (κ3) is 4.63. The highest BCUT2D eigenvalue weighted by Gasteiger charge is 2.18. The summed E-state index contributed by atoms with van der Waals surface area (Å²) in [5.41, 5.74) is -1.06. The first kappa shape index (κ1) is 19.3. The third-order valence-electron chi connectivity index (χ3n) is 3.76. The predicted molar refractivity (Wildman–Crippen MR) is 108 cm³/mol. The number of nitro groups is 1. The Balaban J connectivity index is 1.81. The van der Waals surface area contributed by atoms with Crippen molar-refractivity contribution in [1.82, 2.24) is 9.97 Å². The summed E-state index contributed by atoms with van der Waals surface area (Å²) in [4.78, 5) is 37.3. The van der Waals surface area contributed by atoms with Crippen molar-refractivity contribution in [3.8, 4) is 5.75 Å². The molecule has 1 aromatic heterocycles. The topological polar surface area (TPSA) is 118 Å². The molecule has 28 heavy (non-hydrogen) atoms. The molecule has 0 fully saturated rings. The Morgan fingerprint density at radius 2 is 1.82 bits per heavy atom. The Kier molecular flexibility index (Phi) is 5.85. The number of nitrogens with zero attached hydrogens (tertiary/aromatic N) is 1. The van der Waals surface area contributed by atoms with Crippen LogP contribution in [0.3, 0.4) is 0 Å². The Hall–Kier alpha value is -3.46. The summed E-state index contributed by atoms with van der Waals surface area (Å²) in [6.45, 7) is 0.412. The Morgan fingerprint density at radius 1 is 1.07 bits per heavy atom. The minimum atomic E-state index is -1.06. The number of aromatic nitrogens is 2. The van der Waals surface area contributed by atoms with Crippen molar-refractivity contribution < 1.29 is 9.66 Å². The molecule has 0 aliphatic carbocycles. The molecule has 8 nitrogen and oxygen atoms in total. The lowest BCUT2D eigenvalue weighted by atomic mass is 10.2. The highest BCUT2D eigenvalue weighted by molar-refractivity contribution is 9.10. The summed E-state index contributed by atoms with van der Waals surface area (Å²) >= 11 is 3.43. The van der Waals surface area contributed by atoms with E-state index < -0.39 is 21.9 Å². The van der Waals surface area contributed by atoms with Crippen LogP contribution in [0.4, 0.5) is 5.69 Å². The number of halogens is 1. The number of nitrogens with one attached hydrogen (secondary N) is 2. The first-order valence-electron chi connectivity index (χ1n) is 8.09. The molecule has 0 bridgehead atoms. The van der Waals surface area contributed by atoms with Gasteiger partial charge in [-0.25, -0.2) is 4.79 Å². The lowest BCUT2D eigenvalue weighted by Gasteiger charge is -2.09. The monoisotopic (exact) mass is 443 g/mol. The van der Waals surface area contributed by atoms with E-state index >= 15 is 0 Å². The van der Waals surface area contributed by atoms with Crippen LogP contribution in [0.1, 0.15) is 16.8 Å². The van der Waals surface area contributed by atoms with Gasteiger partial charge in [-0.2, -0.15) is 0 Å². The van der Waals surface area contributed by atoms with E-state index in [-0.39, 0.29) is 5.69 Å². The highest BCUT2D eigenvalue weighted by atomic mass is 79.9. The maximum absolute atomic E-state index is 11.6. The highest BCUT2D eigenvalue weighted by Crippen LogP contribution is 2.27. The van der Waals surface area contributed by atoms with Gasteiger partial charge in [0, 0.05) is 0 Å². The largest absolute Gasteiger partial charge is 0.488 e. The molecule has 0 aliphatic rings. The van der Waals surface area contributed by atoms with Gasteiger partial charge < -0.3 is 9.72 Å². The Morgan fingerprint density at radius 3 is 2.50 bits per heavy atom. The number of hydrogen-bond donors (Lipinski definition) is 2. The normalized spacial score (nSPS) is 10.9. The van der Waals surface area contributed by atoms with Crippen LogP contribution in [0.2, 0.25) is 0 Å². The smallest absolute Gasteiger partial charge is 0.357 e. The maximum atomic E-state index is 11.6. The summed E-state index contributed by atoms with van der Waals surface area (Å²) < 4.78 is 6.46. The fourth-order valence-corrected chi connectivity index (χ4v) is 2.96. The SMILES string of the molecule is O=c1[nH]c(/C=C/c2ccc(OCc3ccccc3)c(Br)c2)c([N+](=O)[O-])c(=O)[nH]1. The van der Waals surface area contributed by atoms with Crippen LogP contribution in [0.25, 0.3) is 12.2 Å². The fraction of sp³-hybridized carbons (Fsp3) is 0.0526. The van der Waals surface area contributed by atoms with Crippen LogP contribution in [0, 0.1) is 10.1 Å². The van der Waals surface area contributed by atoms with Crippen LogP contribution in [-0.4, -0.2) is 14.9 Å². The van der Waals surface area contributed by atoms with Crippen molar-refractivity contribution in [2.75, 3.05) is 0 Å². The minimum absolute atomic E-state index is 0.181. The van der Waals surface area contributed by atoms with E-state index in [9.17, 15) is 19.7 Å². The summed E-state index contributed by atoms with van der Waals surface area (Å²) in [6.07, 6.45) is 2.85. The van der Waals surface area contributed by atoms with Gasteiger partial charge in [0.1, 0.15) is 18.1 Å². The lowest BCUT2D eigenvalue weighted by Crippen LogP contribution is -2.25. The van der Waals surface area contributed by atoms with E-state index in [2.05, 4.69) is 20.9 Å². The Bertz CT molecular complexity index is 1150. The van der Waals surface area contributed by atoms with E-state index in [4.69, 9.17) is 4.74 Å². The molecule has 0 amide bonds. The first-order chi connectivity index (χ1) is 13.4. The number of benzene rings is 2. The predicted octanol–water partition coefficient (Wildman–Crippen LogP) is 3.48. The molecule has 2 N–H and O–H groups in total. The van der Waals surface area contributed by atoms with Crippen LogP contribution >= 0.6 is 15.9 Å². The summed E-state index contributed by atoms with van der Waals surface area (Å²) in [5, 5.41) is 11.1. The molecule has 0 spiro atoms. The maximum Gasteiger partial charge on any atom is 0.357 e. The van der Waals surface area contributed by atoms with Crippen LogP contribution in [0.5, 0.6) is 5.75 Å².